The summed E-state index contributed by atoms with van der Waals surface area (Å²) in [5.74, 6) is 0.768. The fraction of sp³-hybridized carbons (Fsp3) is 0.111. The molecule has 0 fully saturated rings. The molecule has 0 bridgehead atoms. The number of hydrogen-bond donors (Lipinski definition) is 2. The molecule has 3 heterocycles. The lowest BCUT2D eigenvalue weighted by Crippen LogP contribution is -2.34. The predicted octanol–water partition coefficient (Wildman–Crippen LogP) is 0.538. The Balaban J connectivity index is 2.20. The average molecular weight is 283 g/mol. The van der Waals surface area contributed by atoms with Gasteiger partial charge in [0.1, 0.15) is 11.5 Å². The number of anilines is 1. The SMILES string of the molecule is CN1c2nc(-c3ccsc3)[nH]c2C(N)=NS1(=O)=O. The number of nitrogens with one attached hydrogen (secondary N) is 1. The van der Waals surface area contributed by atoms with Gasteiger partial charge in [0, 0.05) is 18.0 Å². The molecule has 0 aromatic carbocycles. The zero-order chi connectivity index (χ0) is 12.9. The van der Waals surface area contributed by atoms with Gasteiger partial charge in [0.05, 0.1) is 0 Å². The molecule has 0 atom stereocenters. The van der Waals surface area contributed by atoms with Crippen molar-refractivity contribution >= 4 is 33.2 Å². The van der Waals surface area contributed by atoms with E-state index in [4.69, 9.17) is 5.73 Å². The molecule has 0 saturated carbocycles. The standard InChI is InChI=1S/C9H9N5O2S2/c1-14-9-6(7(10)13-18(14,15)16)11-8(12-9)5-2-3-17-4-5/h2-4H,1H3,(H2,10,13)(H,11,12). The third-order valence-electron chi connectivity index (χ3n) is 2.59. The molecule has 2 aromatic rings. The molecule has 0 unspecified atom stereocenters. The average Bonchev–Trinajstić information content (AvgIpc) is 2.94. The molecule has 94 valence electrons. The minimum atomic E-state index is -3.76. The molecule has 0 saturated heterocycles. The van der Waals surface area contributed by atoms with Crippen LogP contribution in [-0.2, 0) is 10.2 Å². The normalized spacial score (nSPS) is 17.4. The number of nitrogens with zero attached hydrogens (tertiary/aromatic N) is 3. The first-order valence-corrected chi connectivity index (χ1v) is 7.30. The predicted molar refractivity (Wildman–Crippen MR) is 69.9 cm³/mol. The Labute approximate surface area is 107 Å². The lowest BCUT2D eigenvalue weighted by molar-refractivity contribution is 0.595. The molecule has 3 rings (SSSR count). The first-order valence-electron chi connectivity index (χ1n) is 4.96. The fourth-order valence-electron chi connectivity index (χ4n) is 1.65. The van der Waals surface area contributed by atoms with E-state index in [1.165, 1.54) is 18.4 Å². The van der Waals surface area contributed by atoms with Crippen LogP contribution in [-0.4, -0.2) is 31.3 Å². The van der Waals surface area contributed by atoms with Crippen molar-refractivity contribution in [1.29, 1.82) is 0 Å². The summed E-state index contributed by atoms with van der Waals surface area (Å²) in [4.78, 5) is 7.24. The van der Waals surface area contributed by atoms with Crippen LogP contribution < -0.4 is 10.0 Å². The van der Waals surface area contributed by atoms with E-state index in [9.17, 15) is 8.42 Å². The number of imidazole rings is 1. The lowest BCUT2D eigenvalue weighted by Gasteiger charge is -2.18. The molecule has 3 N–H and O–H groups in total. The minimum Gasteiger partial charge on any atom is -0.381 e. The maximum Gasteiger partial charge on any atom is 0.347 e. The van der Waals surface area contributed by atoms with Gasteiger partial charge < -0.3 is 10.7 Å². The van der Waals surface area contributed by atoms with Crippen molar-refractivity contribution in [2.24, 2.45) is 10.1 Å². The summed E-state index contributed by atoms with van der Waals surface area (Å²) in [6.07, 6.45) is 0. The topological polar surface area (TPSA) is 104 Å². The van der Waals surface area contributed by atoms with Crippen LogP contribution >= 0.6 is 11.3 Å². The molecule has 7 nitrogen and oxygen atoms in total. The van der Waals surface area contributed by atoms with E-state index in [-0.39, 0.29) is 11.7 Å². The van der Waals surface area contributed by atoms with Gasteiger partial charge in [-0.05, 0) is 11.4 Å². The van der Waals surface area contributed by atoms with E-state index in [2.05, 4.69) is 14.4 Å². The maximum absolute atomic E-state index is 11.7. The van der Waals surface area contributed by atoms with Gasteiger partial charge in [-0.3, -0.25) is 0 Å². The van der Waals surface area contributed by atoms with Crippen LogP contribution in [0.2, 0.25) is 0 Å². The Morgan fingerprint density at radius 1 is 1.50 bits per heavy atom. The van der Waals surface area contributed by atoms with Crippen LogP contribution in [0.25, 0.3) is 11.4 Å². The summed E-state index contributed by atoms with van der Waals surface area (Å²) in [5.41, 5.74) is 6.93. The van der Waals surface area contributed by atoms with E-state index in [0.717, 1.165) is 9.87 Å². The van der Waals surface area contributed by atoms with E-state index in [1.807, 2.05) is 16.8 Å². The van der Waals surface area contributed by atoms with Crippen molar-refractivity contribution in [2.45, 2.75) is 0 Å². The first kappa shape index (κ1) is 11.2. The van der Waals surface area contributed by atoms with Crippen molar-refractivity contribution in [3.8, 4) is 11.4 Å². The van der Waals surface area contributed by atoms with Crippen molar-refractivity contribution in [3.63, 3.8) is 0 Å². The number of aromatic nitrogens is 2. The third-order valence-corrected chi connectivity index (χ3v) is 4.57. The van der Waals surface area contributed by atoms with Gasteiger partial charge >= 0.3 is 10.2 Å². The highest BCUT2D eigenvalue weighted by Crippen LogP contribution is 2.29. The summed E-state index contributed by atoms with van der Waals surface area (Å²) in [5, 5.41) is 3.82. The number of thiophene rings is 1. The Hall–Kier alpha value is -1.87. The molecule has 0 aliphatic carbocycles. The summed E-state index contributed by atoms with van der Waals surface area (Å²) in [6, 6.07) is 1.89. The highest BCUT2D eigenvalue weighted by atomic mass is 32.2. The monoisotopic (exact) mass is 283 g/mol. The molecule has 2 aromatic heterocycles. The second-order valence-electron chi connectivity index (χ2n) is 3.72. The summed E-state index contributed by atoms with van der Waals surface area (Å²) < 4.78 is 27.8. The minimum absolute atomic E-state index is 0.0721. The molecule has 0 spiro atoms. The highest BCUT2D eigenvalue weighted by molar-refractivity contribution is 7.91. The zero-order valence-electron chi connectivity index (χ0n) is 9.28. The maximum atomic E-state index is 11.7. The molecule has 1 aliphatic rings. The molecule has 9 heteroatoms. The smallest absolute Gasteiger partial charge is 0.347 e. The van der Waals surface area contributed by atoms with Crippen LogP contribution in [0.15, 0.2) is 21.2 Å². The summed E-state index contributed by atoms with van der Waals surface area (Å²) in [7, 11) is -2.37. The number of rotatable bonds is 1. The van der Waals surface area contributed by atoms with E-state index < -0.39 is 10.2 Å². The third kappa shape index (κ3) is 1.51. The van der Waals surface area contributed by atoms with Crippen LogP contribution in [0.4, 0.5) is 5.82 Å². The molecule has 18 heavy (non-hydrogen) atoms. The Morgan fingerprint density at radius 2 is 2.28 bits per heavy atom. The number of hydrogen-bond acceptors (Lipinski definition) is 5. The van der Waals surface area contributed by atoms with Gasteiger partial charge in [-0.25, -0.2) is 9.29 Å². The van der Waals surface area contributed by atoms with Crippen LogP contribution in [0, 0.1) is 0 Å². The Kier molecular flexibility index (Phi) is 2.22. The van der Waals surface area contributed by atoms with Gasteiger partial charge in [-0.1, -0.05) is 0 Å². The van der Waals surface area contributed by atoms with Gasteiger partial charge in [-0.2, -0.15) is 19.8 Å². The zero-order valence-corrected chi connectivity index (χ0v) is 10.9. The van der Waals surface area contributed by atoms with Crippen molar-refractivity contribution in [2.75, 3.05) is 11.4 Å². The Bertz CT molecular complexity index is 729. The second-order valence-corrected chi connectivity index (χ2v) is 6.12. The number of nitrogens with two attached hydrogens (primary N) is 1. The number of aromatic amines is 1. The van der Waals surface area contributed by atoms with Crippen LogP contribution in [0.5, 0.6) is 0 Å². The van der Waals surface area contributed by atoms with Crippen molar-refractivity contribution in [3.05, 3.63) is 22.5 Å². The number of fused-ring (bicyclic) bond motifs is 1. The molecule has 0 amide bonds. The van der Waals surface area contributed by atoms with Crippen molar-refractivity contribution < 1.29 is 8.42 Å². The molecule has 1 aliphatic heterocycles. The number of H-pyrrole nitrogens is 1. The van der Waals surface area contributed by atoms with Gasteiger partial charge in [0.15, 0.2) is 11.7 Å². The number of amidine groups is 1. The fourth-order valence-corrected chi connectivity index (χ4v) is 3.10. The van der Waals surface area contributed by atoms with E-state index >= 15 is 0 Å². The molecule has 0 radical (unpaired) electrons. The van der Waals surface area contributed by atoms with Crippen LogP contribution in [0.3, 0.4) is 0 Å². The van der Waals surface area contributed by atoms with E-state index in [0.29, 0.717) is 11.5 Å². The largest absolute Gasteiger partial charge is 0.381 e. The first-order chi connectivity index (χ1) is 8.49. The van der Waals surface area contributed by atoms with E-state index in [1.54, 1.807) is 0 Å². The quantitative estimate of drug-likeness (QED) is 0.796. The van der Waals surface area contributed by atoms with Crippen LogP contribution in [0.1, 0.15) is 5.69 Å². The molecular formula is C9H9N5O2S2. The van der Waals surface area contributed by atoms with Gasteiger partial charge in [0.25, 0.3) is 0 Å². The summed E-state index contributed by atoms with van der Waals surface area (Å²) >= 11 is 1.53. The summed E-state index contributed by atoms with van der Waals surface area (Å²) in [6.45, 7) is 0. The van der Waals surface area contributed by atoms with Gasteiger partial charge in [0.2, 0.25) is 0 Å². The lowest BCUT2D eigenvalue weighted by atomic mass is 10.3. The highest BCUT2D eigenvalue weighted by Gasteiger charge is 2.31. The van der Waals surface area contributed by atoms with Crippen molar-refractivity contribution in [1.82, 2.24) is 9.97 Å². The van der Waals surface area contributed by atoms with Gasteiger partial charge in [-0.15, -0.1) is 4.40 Å². The molecular weight excluding hydrogens is 274 g/mol. The Morgan fingerprint density at radius 3 is 2.94 bits per heavy atom. The second kappa shape index (κ2) is 3.56.